The number of rotatable bonds is 2. The van der Waals surface area contributed by atoms with E-state index in [2.05, 4.69) is 4.98 Å². The number of halogens is 1. The van der Waals surface area contributed by atoms with Crippen molar-refractivity contribution >= 4 is 28.6 Å². The second kappa shape index (κ2) is 3.55. The number of carbonyl (C=O) groups is 1. The Hall–Kier alpha value is -1.55. The van der Waals surface area contributed by atoms with E-state index in [1.807, 2.05) is 7.05 Å². The Morgan fingerprint density at radius 1 is 1.60 bits per heavy atom. The lowest BCUT2D eigenvalue weighted by Gasteiger charge is -1.98. The minimum atomic E-state index is -0.939. The molecule has 0 spiro atoms. The summed E-state index contributed by atoms with van der Waals surface area (Å²) in [5.41, 5.74) is 1.80. The molecule has 78 valence electrons. The fourth-order valence-electron chi connectivity index (χ4n) is 1.49. The Balaban J connectivity index is 2.70. The number of carboxylic acid groups (broad SMARTS) is 1. The van der Waals surface area contributed by atoms with Crippen LogP contribution < -0.4 is 0 Å². The predicted octanol–water partition coefficient (Wildman–Crippen LogP) is 2.01. The molecule has 0 bridgehead atoms. The van der Waals surface area contributed by atoms with Crippen molar-refractivity contribution in [3.05, 3.63) is 29.6 Å². The number of benzene rings is 1. The van der Waals surface area contributed by atoms with Crippen LogP contribution in [0, 0.1) is 0 Å². The van der Waals surface area contributed by atoms with Crippen molar-refractivity contribution in [2.75, 3.05) is 0 Å². The highest BCUT2D eigenvalue weighted by molar-refractivity contribution is 6.16. The first kappa shape index (κ1) is 9.98. The molecule has 0 radical (unpaired) electrons. The van der Waals surface area contributed by atoms with Crippen LogP contribution in [0.1, 0.15) is 16.2 Å². The van der Waals surface area contributed by atoms with Crippen molar-refractivity contribution in [1.29, 1.82) is 0 Å². The summed E-state index contributed by atoms with van der Waals surface area (Å²) < 4.78 is 1.80. The molecule has 15 heavy (non-hydrogen) atoms. The predicted molar refractivity (Wildman–Crippen MR) is 57.2 cm³/mol. The molecular weight excluding hydrogens is 216 g/mol. The maximum Gasteiger partial charge on any atom is 0.335 e. The SMILES string of the molecule is Cn1c(CCl)nc2ccc(C(=O)O)cc21. The summed E-state index contributed by atoms with van der Waals surface area (Å²) in [6.45, 7) is 0. The van der Waals surface area contributed by atoms with E-state index in [1.54, 1.807) is 16.7 Å². The highest BCUT2D eigenvalue weighted by Crippen LogP contribution is 2.17. The van der Waals surface area contributed by atoms with E-state index in [9.17, 15) is 4.79 Å². The molecule has 1 aromatic heterocycles. The summed E-state index contributed by atoms with van der Waals surface area (Å²) in [6, 6.07) is 4.82. The summed E-state index contributed by atoms with van der Waals surface area (Å²) in [7, 11) is 1.82. The van der Waals surface area contributed by atoms with E-state index in [4.69, 9.17) is 16.7 Å². The van der Waals surface area contributed by atoms with E-state index in [-0.39, 0.29) is 5.56 Å². The van der Waals surface area contributed by atoms with E-state index < -0.39 is 5.97 Å². The minimum Gasteiger partial charge on any atom is -0.478 e. The summed E-state index contributed by atoms with van der Waals surface area (Å²) in [4.78, 5) is 15.0. The van der Waals surface area contributed by atoms with Gasteiger partial charge in [-0.15, -0.1) is 11.6 Å². The van der Waals surface area contributed by atoms with Gasteiger partial charge in [0.1, 0.15) is 5.82 Å². The number of fused-ring (bicyclic) bond motifs is 1. The lowest BCUT2D eigenvalue weighted by molar-refractivity contribution is 0.0697. The molecule has 2 aromatic rings. The summed E-state index contributed by atoms with van der Waals surface area (Å²) in [5.74, 6) is 0.104. The number of hydrogen-bond donors (Lipinski definition) is 1. The Morgan fingerprint density at radius 2 is 2.33 bits per heavy atom. The van der Waals surface area contributed by atoms with Gasteiger partial charge in [0.2, 0.25) is 0 Å². The van der Waals surface area contributed by atoms with Crippen LogP contribution in [0.2, 0.25) is 0 Å². The first-order chi connectivity index (χ1) is 7.13. The van der Waals surface area contributed by atoms with Gasteiger partial charge in [-0.1, -0.05) is 0 Å². The average Bonchev–Trinajstić information content (AvgIpc) is 2.55. The molecule has 4 nitrogen and oxygen atoms in total. The van der Waals surface area contributed by atoms with Crippen molar-refractivity contribution in [1.82, 2.24) is 9.55 Å². The van der Waals surface area contributed by atoms with Crippen LogP contribution in [0.5, 0.6) is 0 Å². The van der Waals surface area contributed by atoms with Crippen molar-refractivity contribution in [2.24, 2.45) is 7.05 Å². The van der Waals surface area contributed by atoms with Gasteiger partial charge in [0, 0.05) is 7.05 Å². The molecule has 1 heterocycles. The molecule has 0 saturated carbocycles. The van der Waals surface area contributed by atoms with Crippen LogP contribution in [-0.2, 0) is 12.9 Å². The Bertz CT molecular complexity index is 533. The zero-order valence-electron chi connectivity index (χ0n) is 8.07. The number of aromatic carboxylic acids is 1. The Morgan fingerprint density at radius 3 is 2.93 bits per heavy atom. The topological polar surface area (TPSA) is 55.1 Å². The van der Waals surface area contributed by atoms with Gasteiger partial charge < -0.3 is 9.67 Å². The standard InChI is InChI=1S/C10H9ClN2O2/c1-13-8-4-6(10(14)15)2-3-7(8)12-9(13)5-11/h2-4H,5H2,1H3,(H,14,15). The maximum absolute atomic E-state index is 10.8. The highest BCUT2D eigenvalue weighted by atomic mass is 35.5. The second-order valence-electron chi connectivity index (χ2n) is 3.23. The van der Waals surface area contributed by atoms with Crippen LogP contribution in [0.3, 0.4) is 0 Å². The van der Waals surface area contributed by atoms with Gasteiger partial charge in [0.25, 0.3) is 0 Å². The average molecular weight is 225 g/mol. The van der Waals surface area contributed by atoms with E-state index in [1.165, 1.54) is 6.07 Å². The first-order valence-electron chi connectivity index (χ1n) is 4.38. The van der Waals surface area contributed by atoms with Crippen LogP contribution in [0.25, 0.3) is 11.0 Å². The number of aryl methyl sites for hydroxylation is 1. The van der Waals surface area contributed by atoms with Gasteiger partial charge in [0.15, 0.2) is 0 Å². The summed E-state index contributed by atoms with van der Waals surface area (Å²) in [5, 5.41) is 8.84. The number of imidazole rings is 1. The number of hydrogen-bond acceptors (Lipinski definition) is 2. The fourth-order valence-corrected chi connectivity index (χ4v) is 1.73. The molecule has 0 aliphatic carbocycles. The number of carboxylic acids is 1. The third-order valence-corrected chi connectivity index (χ3v) is 2.58. The van der Waals surface area contributed by atoms with Crippen LogP contribution in [0.15, 0.2) is 18.2 Å². The van der Waals surface area contributed by atoms with Crippen molar-refractivity contribution in [3.8, 4) is 0 Å². The van der Waals surface area contributed by atoms with Crippen molar-refractivity contribution in [2.45, 2.75) is 5.88 Å². The lowest BCUT2D eigenvalue weighted by atomic mass is 10.2. The fraction of sp³-hybridized carbons (Fsp3) is 0.200. The first-order valence-corrected chi connectivity index (χ1v) is 4.91. The molecule has 5 heteroatoms. The monoisotopic (exact) mass is 224 g/mol. The third-order valence-electron chi connectivity index (χ3n) is 2.34. The maximum atomic E-state index is 10.8. The van der Waals surface area contributed by atoms with Crippen LogP contribution in [-0.4, -0.2) is 20.6 Å². The van der Waals surface area contributed by atoms with Gasteiger partial charge >= 0.3 is 5.97 Å². The molecule has 2 rings (SSSR count). The van der Waals surface area contributed by atoms with Gasteiger partial charge in [-0.05, 0) is 18.2 Å². The van der Waals surface area contributed by atoms with E-state index in [0.717, 1.165) is 16.9 Å². The molecule has 1 aromatic carbocycles. The van der Waals surface area contributed by atoms with Gasteiger partial charge in [-0.25, -0.2) is 9.78 Å². The smallest absolute Gasteiger partial charge is 0.335 e. The molecule has 0 fully saturated rings. The molecule has 0 saturated heterocycles. The molecule has 0 aliphatic rings. The normalized spacial score (nSPS) is 10.8. The molecule has 0 unspecified atom stereocenters. The minimum absolute atomic E-state index is 0.256. The Kier molecular flexibility index (Phi) is 2.36. The molecule has 1 N–H and O–H groups in total. The van der Waals surface area contributed by atoms with Gasteiger partial charge in [-0.3, -0.25) is 0 Å². The molecule has 0 amide bonds. The van der Waals surface area contributed by atoms with E-state index in [0.29, 0.717) is 5.88 Å². The van der Waals surface area contributed by atoms with Crippen molar-refractivity contribution < 1.29 is 9.90 Å². The van der Waals surface area contributed by atoms with Crippen LogP contribution in [0.4, 0.5) is 0 Å². The third kappa shape index (κ3) is 1.57. The zero-order chi connectivity index (χ0) is 11.0. The molecule has 0 aliphatic heterocycles. The van der Waals surface area contributed by atoms with Gasteiger partial charge in [-0.2, -0.15) is 0 Å². The number of nitrogens with zero attached hydrogens (tertiary/aromatic N) is 2. The van der Waals surface area contributed by atoms with E-state index >= 15 is 0 Å². The summed E-state index contributed by atoms with van der Waals surface area (Å²) in [6.07, 6.45) is 0. The molecule has 0 atom stereocenters. The summed E-state index contributed by atoms with van der Waals surface area (Å²) >= 11 is 5.71. The quantitative estimate of drug-likeness (QED) is 0.794. The number of alkyl halides is 1. The largest absolute Gasteiger partial charge is 0.478 e. The van der Waals surface area contributed by atoms with Crippen molar-refractivity contribution in [3.63, 3.8) is 0 Å². The lowest BCUT2D eigenvalue weighted by Crippen LogP contribution is -1.97. The number of aromatic nitrogens is 2. The molecular formula is C10H9ClN2O2. The Labute approximate surface area is 91.1 Å². The highest BCUT2D eigenvalue weighted by Gasteiger charge is 2.09. The van der Waals surface area contributed by atoms with Gasteiger partial charge in [0.05, 0.1) is 22.5 Å². The van der Waals surface area contributed by atoms with Crippen LogP contribution >= 0.6 is 11.6 Å². The second-order valence-corrected chi connectivity index (χ2v) is 3.50. The zero-order valence-corrected chi connectivity index (χ0v) is 8.82.